The number of aromatic nitrogens is 3. The number of unbranched alkanes of at least 4 members (excludes halogenated alkanes) is 1. The van der Waals surface area contributed by atoms with Crippen LogP contribution in [0.1, 0.15) is 42.0 Å². The lowest BCUT2D eigenvalue weighted by Gasteiger charge is -2.35. The van der Waals surface area contributed by atoms with Crippen molar-refractivity contribution in [2.45, 2.75) is 46.0 Å². The number of amides is 1. The van der Waals surface area contributed by atoms with Crippen LogP contribution in [0.4, 0.5) is 38.4 Å². The molecule has 0 saturated carbocycles. The lowest BCUT2D eigenvalue weighted by atomic mass is 9.98. The predicted octanol–water partition coefficient (Wildman–Crippen LogP) is 9.23. The number of nitrogens with zero attached hydrogens (tertiary/aromatic N) is 6. The molecule has 6 rings (SSSR count). The predicted molar refractivity (Wildman–Crippen MR) is 203 cm³/mol. The molecule has 0 atom stereocenters. The zero-order chi connectivity index (χ0) is 40.1. The van der Waals surface area contributed by atoms with Gasteiger partial charge in [-0.25, -0.2) is 14.2 Å². The molecular formula is C40H40ClF5N6O4. The Morgan fingerprint density at radius 1 is 0.875 bits per heavy atom. The van der Waals surface area contributed by atoms with E-state index in [0.717, 1.165) is 24.0 Å². The standard InChI is InChI=1S/C40H40ClF5N6O4/c1-5-6-19-56-39(53)51-17-15-50(16-18-51)37-29-21-30(41)32(34(42)35(29)48-38(43)49-37)36-33(40(44,45)46)24(2)20-31(47-36)52(22-25-7-11-27(54-3)12-8-25)23-26-9-13-28(55-4)14-10-26/h7-14,20-21H,5-6,15-19,22-23H2,1-4H3. The average molecular weight is 799 g/mol. The van der Waals surface area contributed by atoms with Crippen LogP contribution in [0, 0.1) is 18.8 Å². The van der Waals surface area contributed by atoms with Crippen LogP contribution in [0.15, 0.2) is 60.7 Å². The fraction of sp³-hybridized carbons (Fsp3) is 0.350. The van der Waals surface area contributed by atoms with E-state index in [-0.39, 0.29) is 68.5 Å². The molecule has 1 aliphatic heterocycles. The van der Waals surface area contributed by atoms with Crippen molar-refractivity contribution in [2.75, 3.05) is 56.8 Å². The number of halogens is 6. The number of fused-ring (bicyclic) bond motifs is 1. The zero-order valence-electron chi connectivity index (χ0n) is 31.2. The third-order valence-electron chi connectivity index (χ3n) is 9.51. The molecule has 3 heterocycles. The highest BCUT2D eigenvalue weighted by molar-refractivity contribution is 6.34. The number of rotatable bonds is 12. The Morgan fingerprint density at radius 2 is 1.46 bits per heavy atom. The summed E-state index contributed by atoms with van der Waals surface area (Å²) in [5, 5.41) is -0.422. The van der Waals surface area contributed by atoms with Gasteiger partial charge >= 0.3 is 18.3 Å². The maximum Gasteiger partial charge on any atom is 0.418 e. The highest BCUT2D eigenvalue weighted by Crippen LogP contribution is 2.45. The normalized spacial score (nSPS) is 13.2. The number of alkyl halides is 3. The molecule has 0 bridgehead atoms. The molecule has 0 aliphatic carbocycles. The first-order chi connectivity index (χ1) is 26.8. The topological polar surface area (TPSA) is 93.2 Å². The smallest absolute Gasteiger partial charge is 0.418 e. The first-order valence-electron chi connectivity index (χ1n) is 17.9. The fourth-order valence-corrected chi connectivity index (χ4v) is 6.87. The number of hydrogen-bond donors (Lipinski definition) is 0. The first kappa shape index (κ1) is 40.2. The Balaban J connectivity index is 1.43. The molecule has 1 amide bonds. The molecule has 0 spiro atoms. The van der Waals surface area contributed by atoms with Crippen LogP contribution in [0.5, 0.6) is 11.5 Å². The Hall–Kier alpha value is -5.44. The number of carbonyl (C=O) groups excluding carboxylic acids is 1. The van der Waals surface area contributed by atoms with Crippen LogP contribution >= 0.6 is 11.6 Å². The molecule has 10 nitrogen and oxygen atoms in total. The summed E-state index contributed by atoms with van der Waals surface area (Å²) in [6.45, 7) is 4.73. The summed E-state index contributed by atoms with van der Waals surface area (Å²) in [5.74, 6) is 0.0394. The summed E-state index contributed by atoms with van der Waals surface area (Å²) in [5.41, 5.74) is -1.88. The average Bonchev–Trinajstić information content (AvgIpc) is 3.17. The Kier molecular flexibility index (Phi) is 12.3. The molecule has 296 valence electrons. The van der Waals surface area contributed by atoms with Crippen LogP contribution in [-0.4, -0.2) is 73.0 Å². The van der Waals surface area contributed by atoms with Gasteiger partial charge in [0.1, 0.15) is 28.7 Å². The molecule has 0 unspecified atom stereocenters. The lowest BCUT2D eigenvalue weighted by molar-refractivity contribution is -0.137. The van der Waals surface area contributed by atoms with Crippen molar-refractivity contribution in [2.24, 2.45) is 0 Å². The fourth-order valence-electron chi connectivity index (χ4n) is 6.58. The van der Waals surface area contributed by atoms with Gasteiger partial charge in [-0.2, -0.15) is 27.5 Å². The van der Waals surface area contributed by atoms with Gasteiger partial charge in [0.05, 0.1) is 42.7 Å². The van der Waals surface area contributed by atoms with Crippen LogP contribution in [-0.2, 0) is 24.0 Å². The number of carbonyl (C=O) groups is 1. The number of hydrogen-bond acceptors (Lipinski definition) is 9. The van der Waals surface area contributed by atoms with E-state index in [9.17, 15) is 18.0 Å². The minimum absolute atomic E-state index is 0.0151. The van der Waals surface area contributed by atoms with Crippen molar-refractivity contribution in [1.82, 2.24) is 19.9 Å². The summed E-state index contributed by atoms with van der Waals surface area (Å²) >= 11 is 6.72. The summed E-state index contributed by atoms with van der Waals surface area (Å²) < 4.78 is 92.6. The van der Waals surface area contributed by atoms with Gasteiger partial charge in [-0.3, -0.25) is 0 Å². The third-order valence-corrected chi connectivity index (χ3v) is 9.81. The summed E-state index contributed by atoms with van der Waals surface area (Å²) in [6.07, 6.45) is -5.17. The molecular weight excluding hydrogens is 759 g/mol. The van der Waals surface area contributed by atoms with Gasteiger partial charge in [-0.15, -0.1) is 0 Å². The van der Waals surface area contributed by atoms with Gasteiger partial charge in [0, 0.05) is 44.7 Å². The van der Waals surface area contributed by atoms with E-state index in [1.54, 1.807) is 34.1 Å². The monoisotopic (exact) mass is 798 g/mol. The molecule has 0 N–H and O–H groups in total. The second-order valence-corrected chi connectivity index (χ2v) is 13.7. The number of aryl methyl sites for hydroxylation is 1. The van der Waals surface area contributed by atoms with Crippen LogP contribution < -0.4 is 19.3 Å². The van der Waals surface area contributed by atoms with Crippen LogP contribution in [0.3, 0.4) is 0 Å². The first-order valence-corrected chi connectivity index (χ1v) is 18.3. The molecule has 1 aliphatic rings. The van der Waals surface area contributed by atoms with Crippen molar-refractivity contribution < 1.29 is 41.0 Å². The number of benzene rings is 3. The van der Waals surface area contributed by atoms with E-state index in [4.69, 9.17) is 25.8 Å². The van der Waals surface area contributed by atoms with E-state index < -0.39 is 51.5 Å². The highest BCUT2D eigenvalue weighted by Gasteiger charge is 2.39. The minimum atomic E-state index is -4.98. The summed E-state index contributed by atoms with van der Waals surface area (Å²) in [4.78, 5) is 29.5. The summed E-state index contributed by atoms with van der Waals surface area (Å²) in [6, 6.07) is 16.9. The van der Waals surface area contributed by atoms with Crippen LogP contribution in [0.2, 0.25) is 5.02 Å². The van der Waals surface area contributed by atoms with Crippen molar-refractivity contribution in [3.8, 4) is 22.8 Å². The quantitative estimate of drug-likeness (QED) is 0.0696. The van der Waals surface area contributed by atoms with Gasteiger partial charge in [0.15, 0.2) is 5.82 Å². The van der Waals surface area contributed by atoms with Crippen molar-refractivity contribution in [3.05, 3.63) is 99.8 Å². The van der Waals surface area contributed by atoms with Crippen molar-refractivity contribution in [3.63, 3.8) is 0 Å². The second kappa shape index (κ2) is 17.1. The van der Waals surface area contributed by atoms with Gasteiger partial charge in [-0.1, -0.05) is 49.2 Å². The second-order valence-electron chi connectivity index (χ2n) is 13.3. The molecule has 16 heteroatoms. The van der Waals surface area contributed by atoms with E-state index in [1.165, 1.54) is 38.2 Å². The van der Waals surface area contributed by atoms with Crippen LogP contribution in [0.25, 0.3) is 22.2 Å². The van der Waals surface area contributed by atoms with E-state index in [2.05, 4.69) is 15.0 Å². The number of anilines is 2. The molecule has 0 radical (unpaired) electrons. The van der Waals surface area contributed by atoms with Crippen molar-refractivity contribution in [1.29, 1.82) is 0 Å². The van der Waals surface area contributed by atoms with E-state index in [0.29, 0.717) is 11.5 Å². The van der Waals surface area contributed by atoms with Crippen molar-refractivity contribution >= 4 is 40.2 Å². The number of piperazine rings is 1. The number of methoxy groups -OCH3 is 2. The maximum absolute atomic E-state index is 16.9. The van der Waals surface area contributed by atoms with Gasteiger partial charge in [0.2, 0.25) is 0 Å². The van der Waals surface area contributed by atoms with Gasteiger partial charge < -0.3 is 28.9 Å². The number of pyridine rings is 1. The molecule has 5 aromatic rings. The SMILES string of the molecule is CCCCOC(=O)N1CCN(c2nc(F)nc3c(F)c(-c4nc(N(Cc5ccc(OC)cc5)Cc5ccc(OC)cc5)cc(C)c4C(F)(F)F)c(Cl)cc23)CC1. The maximum atomic E-state index is 16.9. The van der Waals surface area contributed by atoms with E-state index in [1.807, 2.05) is 31.2 Å². The summed E-state index contributed by atoms with van der Waals surface area (Å²) in [7, 11) is 3.08. The Bertz CT molecular complexity index is 2130. The Morgan fingerprint density at radius 3 is 2.00 bits per heavy atom. The van der Waals surface area contributed by atoms with E-state index >= 15 is 8.78 Å². The number of ether oxygens (including phenoxy) is 3. The largest absolute Gasteiger partial charge is 0.497 e. The molecule has 1 saturated heterocycles. The third kappa shape index (κ3) is 8.83. The zero-order valence-corrected chi connectivity index (χ0v) is 32.0. The van der Waals surface area contributed by atoms with Gasteiger partial charge in [-0.05, 0) is 66.4 Å². The lowest BCUT2D eigenvalue weighted by Crippen LogP contribution is -2.49. The molecule has 1 fully saturated rings. The minimum Gasteiger partial charge on any atom is -0.497 e. The highest BCUT2D eigenvalue weighted by atomic mass is 35.5. The molecule has 3 aromatic carbocycles. The molecule has 56 heavy (non-hydrogen) atoms. The Labute approximate surface area is 325 Å². The van der Waals surface area contributed by atoms with Gasteiger partial charge in [0.25, 0.3) is 0 Å². The molecule has 2 aromatic heterocycles.